The molecule has 118 valence electrons. The van der Waals surface area contributed by atoms with E-state index in [2.05, 4.69) is 5.32 Å². The van der Waals surface area contributed by atoms with E-state index >= 15 is 0 Å². The third-order valence-corrected chi connectivity index (χ3v) is 4.10. The first-order valence-electron chi connectivity index (χ1n) is 7.30. The van der Waals surface area contributed by atoms with E-state index in [0.29, 0.717) is 36.0 Å². The number of hydrogen-bond acceptors (Lipinski definition) is 3. The molecule has 6 heteroatoms. The Balaban J connectivity index is 1.83. The highest BCUT2D eigenvalue weighted by Gasteiger charge is 2.29. The zero-order valence-electron chi connectivity index (χ0n) is 12.1. The van der Waals surface area contributed by atoms with Crippen molar-refractivity contribution >= 4 is 11.6 Å². The summed E-state index contributed by atoms with van der Waals surface area (Å²) in [5, 5.41) is 2.79. The summed E-state index contributed by atoms with van der Waals surface area (Å²) in [5.41, 5.74) is 1.97. The molecule has 2 aromatic carbocycles. The molecule has 1 atom stereocenters. The molecule has 0 unspecified atom stereocenters. The lowest BCUT2D eigenvalue weighted by molar-refractivity contribution is -0.116. The predicted molar refractivity (Wildman–Crippen MR) is 78.9 cm³/mol. The fourth-order valence-electron chi connectivity index (χ4n) is 3.02. The molecule has 0 aliphatic carbocycles. The van der Waals surface area contributed by atoms with Crippen LogP contribution in [0.4, 0.5) is 14.5 Å². The van der Waals surface area contributed by atoms with Gasteiger partial charge in [0.2, 0.25) is 5.91 Å². The first-order chi connectivity index (χ1) is 11.1. The first kappa shape index (κ1) is 14.0. The van der Waals surface area contributed by atoms with Gasteiger partial charge in [0.25, 0.3) is 0 Å². The van der Waals surface area contributed by atoms with Crippen LogP contribution in [0.3, 0.4) is 0 Å². The van der Waals surface area contributed by atoms with Gasteiger partial charge in [0.05, 0.1) is 0 Å². The summed E-state index contributed by atoms with van der Waals surface area (Å²) in [6.45, 7) is 0.903. The topological polar surface area (TPSA) is 47.6 Å². The highest BCUT2D eigenvalue weighted by Crippen LogP contribution is 2.44. The van der Waals surface area contributed by atoms with Gasteiger partial charge >= 0.3 is 0 Å². The lowest BCUT2D eigenvalue weighted by Gasteiger charge is -2.29. The van der Waals surface area contributed by atoms with Crippen LogP contribution < -0.4 is 14.8 Å². The Morgan fingerprint density at radius 1 is 1.00 bits per heavy atom. The Morgan fingerprint density at radius 2 is 1.74 bits per heavy atom. The average molecular weight is 317 g/mol. The van der Waals surface area contributed by atoms with Gasteiger partial charge in [-0.1, -0.05) is 6.07 Å². The normalized spacial score (nSPS) is 19.0. The second-order valence-electron chi connectivity index (χ2n) is 5.56. The van der Waals surface area contributed by atoms with Gasteiger partial charge in [-0.2, -0.15) is 0 Å². The molecule has 0 spiro atoms. The number of benzene rings is 2. The Bertz CT molecular complexity index is 807. The number of amides is 1. The van der Waals surface area contributed by atoms with E-state index in [0.717, 1.165) is 17.7 Å². The molecule has 0 aromatic heterocycles. The SMILES string of the molecule is O=C1C[C@H](c2ccc(F)c(F)c2)c2cc3c(cc2N1)OCCO3. The molecule has 0 radical (unpaired) electrons. The van der Waals surface area contributed by atoms with Crippen LogP contribution in [-0.2, 0) is 4.79 Å². The smallest absolute Gasteiger partial charge is 0.225 e. The number of halogens is 2. The number of rotatable bonds is 1. The molecular formula is C17H13F2NO3. The molecule has 2 aromatic rings. The summed E-state index contributed by atoms with van der Waals surface area (Å²) in [7, 11) is 0. The fraction of sp³-hybridized carbons (Fsp3) is 0.235. The molecule has 4 nitrogen and oxygen atoms in total. The van der Waals surface area contributed by atoms with Gasteiger partial charge in [0.1, 0.15) is 13.2 Å². The Labute approximate surface area is 131 Å². The summed E-state index contributed by atoms with van der Waals surface area (Å²) in [4.78, 5) is 12.0. The van der Waals surface area contributed by atoms with Crippen LogP contribution in [0.25, 0.3) is 0 Å². The number of anilines is 1. The molecule has 23 heavy (non-hydrogen) atoms. The number of nitrogens with one attached hydrogen (secondary N) is 1. The van der Waals surface area contributed by atoms with E-state index in [1.165, 1.54) is 6.07 Å². The maximum absolute atomic E-state index is 13.6. The Kier molecular flexibility index (Phi) is 3.18. The van der Waals surface area contributed by atoms with E-state index in [-0.39, 0.29) is 18.2 Å². The molecule has 2 aliphatic heterocycles. The van der Waals surface area contributed by atoms with Crippen molar-refractivity contribution in [3.05, 3.63) is 53.1 Å². The lowest BCUT2D eigenvalue weighted by atomic mass is 9.84. The highest BCUT2D eigenvalue weighted by atomic mass is 19.2. The van der Waals surface area contributed by atoms with Crippen LogP contribution in [0.5, 0.6) is 11.5 Å². The van der Waals surface area contributed by atoms with E-state index in [4.69, 9.17) is 9.47 Å². The third-order valence-electron chi connectivity index (χ3n) is 4.10. The van der Waals surface area contributed by atoms with Gasteiger partial charge in [-0.25, -0.2) is 8.78 Å². The summed E-state index contributed by atoms with van der Waals surface area (Å²) >= 11 is 0. The molecule has 0 saturated heterocycles. The molecule has 2 aliphatic rings. The zero-order valence-corrected chi connectivity index (χ0v) is 12.1. The quantitative estimate of drug-likeness (QED) is 0.878. The van der Waals surface area contributed by atoms with E-state index in [1.807, 2.05) is 0 Å². The van der Waals surface area contributed by atoms with Crippen molar-refractivity contribution in [2.75, 3.05) is 18.5 Å². The summed E-state index contributed by atoms with van der Waals surface area (Å²) < 4.78 is 37.8. The second kappa shape index (κ2) is 5.22. The summed E-state index contributed by atoms with van der Waals surface area (Å²) in [6, 6.07) is 7.24. The van der Waals surface area contributed by atoms with Crippen molar-refractivity contribution in [1.29, 1.82) is 0 Å². The molecule has 4 rings (SSSR count). The van der Waals surface area contributed by atoms with Gasteiger partial charge in [0.15, 0.2) is 23.1 Å². The van der Waals surface area contributed by atoms with E-state index < -0.39 is 11.6 Å². The van der Waals surface area contributed by atoms with Crippen LogP contribution in [0.1, 0.15) is 23.5 Å². The summed E-state index contributed by atoms with van der Waals surface area (Å²) in [6.07, 6.45) is 0.164. The van der Waals surface area contributed by atoms with E-state index in [1.54, 1.807) is 12.1 Å². The van der Waals surface area contributed by atoms with Gasteiger partial charge in [-0.3, -0.25) is 4.79 Å². The number of fused-ring (bicyclic) bond motifs is 2. The maximum atomic E-state index is 13.6. The third kappa shape index (κ3) is 2.40. The minimum Gasteiger partial charge on any atom is -0.486 e. The molecule has 0 fully saturated rings. The second-order valence-corrected chi connectivity index (χ2v) is 5.56. The van der Waals surface area contributed by atoms with Gasteiger partial charge in [-0.15, -0.1) is 0 Å². The molecular weight excluding hydrogens is 304 g/mol. The Morgan fingerprint density at radius 3 is 2.48 bits per heavy atom. The first-order valence-corrected chi connectivity index (χ1v) is 7.30. The maximum Gasteiger partial charge on any atom is 0.225 e. The fourth-order valence-corrected chi connectivity index (χ4v) is 3.02. The number of carbonyl (C=O) groups excluding carboxylic acids is 1. The van der Waals surface area contributed by atoms with E-state index in [9.17, 15) is 13.6 Å². The number of carbonyl (C=O) groups is 1. The van der Waals surface area contributed by atoms with Crippen molar-refractivity contribution in [2.45, 2.75) is 12.3 Å². The van der Waals surface area contributed by atoms with Crippen molar-refractivity contribution in [3.8, 4) is 11.5 Å². The van der Waals surface area contributed by atoms with Gasteiger partial charge in [-0.05, 0) is 29.3 Å². The minimum absolute atomic E-state index is 0.164. The van der Waals surface area contributed by atoms with Crippen LogP contribution in [0.15, 0.2) is 30.3 Å². The van der Waals surface area contributed by atoms with Crippen LogP contribution in [-0.4, -0.2) is 19.1 Å². The lowest BCUT2D eigenvalue weighted by Crippen LogP contribution is -2.25. The number of hydrogen-bond donors (Lipinski definition) is 1. The molecule has 2 heterocycles. The largest absolute Gasteiger partial charge is 0.486 e. The minimum atomic E-state index is -0.924. The highest BCUT2D eigenvalue weighted by molar-refractivity contribution is 5.96. The van der Waals surface area contributed by atoms with Crippen LogP contribution >= 0.6 is 0 Å². The predicted octanol–water partition coefficient (Wildman–Crippen LogP) is 3.21. The average Bonchev–Trinajstić information content (AvgIpc) is 2.55. The van der Waals surface area contributed by atoms with Crippen LogP contribution in [0.2, 0.25) is 0 Å². The Hall–Kier alpha value is -2.63. The molecule has 1 N–H and O–H groups in total. The monoisotopic (exact) mass is 317 g/mol. The standard InChI is InChI=1S/C17H13F2NO3/c18-12-2-1-9(5-13(12)19)10-7-17(21)20-14-8-16-15(6-11(10)14)22-3-4-23-16/h1-2,5-6,8,10H,3-4,7H2,(H,20,21)/t10-/m1/s1. The van der Waals surface area contributed by atoms with Crippen molar-refractivity contribution in [3.63, 3.8) is 0 Å². The molecule has 0 saturated carbocycles. The van der Waals surface area contributed by atoms with Crippen molar-refractivity contribution < 1.29 is 23.0 Å². The van der Waals surface area contributed by atoms with Gasteiger partial charge < -0.3 is 14.8 Å². The van der Waals surface area contributed by atoms with Crippen molar-refractivity contribution in [2.24, 2.45) is 0 Å². The molecule has 1 amide bonds. The molecule has 0 bridgehead atoms. The van der Waals surface area contributed by atoms with Gasteiger partial charge in [0, 0.05) is 24.1 Å². The van der Waals surface area contributed by atoms with Crippen LogP contribution in [0, 0.1) is 11.6 Å². The van der Waals surface area contributed by atoms with Crippen molar-refractivity contribution in [1.82, 2.24) is 0 Å². The number of ether oxygens (including phenoxy) is 2. The summed E-state index contributed by atoms with van der Waals surface area (Å²) in [5.74, 6) is -1.20. The zero-order chi connectivity index (χ0) is 16.0.